The molecule has 2 fully saturated rings. The Morgan fingerprint density at radius 2 is 2.11 bits per heavy atom. The molecular weight excluding hydrogens is 358 g/mol. The number of fused-ring (bicyclic) bond motifs is 1. The van der Waals surface area contributed by atoms with Crippen molar-refractivity contribution in [1.29, 1.82) is 0 Å². The van der Waals surface area contributed by atoms with Crippen molar-refractivity contribution in [1.82, 2.24) is 15.4 Å². The van der Waals surface area contributed by atoms with E-state index in [-0.39, 0.29) is 35.6 Å². The van der Waals surface area contributed by atoms with E-state index in [9.17, 15) is 14.7 Å². The van der Waals surface area contributed by atoms with Crippen molar-refractivity contribution in [2.75, 3.05) is 6.54 Å². The molecule has 0 bridgehead atoms. The van der Waals surface area contributed by atoms with Crippen molar-refractivity contribution in [2.24, 2.45) is 5.41 Å². The zero-order valence-electron chi connectivity index (χ0n) is 17.6. The first-order valence-corrected chi connectivity index (χ1v) is 10.3. The molecule has 1 saturated heterocycles. The number of aromatic nitrogens is 1. The fourth-order valence-corrected chi connectivity index (χ4v) is 4.94. The number of amides is 2. The highest BCUT2D eigenvalue weighted by Gasteiger charge is 2.59. The Hall–Kier alpha value is -1.89. The molecule has 2 aliphatic rings. The lowest BCUT2D eigenvalue weighted by Gasteiger charge is -2.43. The molecule has 7 nitrogen and oxygen atoms in total. The van der Waals surface area contributed by atoms with Crippen LogP contribution in [0.4, 0.5) is 0 Å². The van der Waals surface area contributed by atoms with Crippen molar-refractivity contribution in [3.05, 3.63) is 17.5 Å². The number of rotatable bonds is 4. The molecule has 4 atom stereocenters. The predicted molar refractivity (Wildman–Crippen MR) is 105 cm³/mol. The summed E-state index contributed by atoms with van der Waals surface area (Å²) in [5.74, 6) is 0.0620. The topological polar surface area (TPSA) is 95.7 Å². The van der Waals surface area contributed by atoms with Gasteiger partial charge in [-0.2, -0.15) is 0 Å². The molecular formula is C21H33N3O4. The van der Waals surface area contributed by atoms with Crippen molar-refractivity contribution < 1.29 is 19.2 Å². The van der Waals surface area contributed by atoms with Crippen LogP contribution in [0.1, 0.15) is 88.9 Å². The highest BCUT2D eigenvalue weighted by Crippen LogP contribution is 2.53. The van der Waals surface area contributed by atoms with Gasteiger partial charge in [-0.15, -0.1) is 0 Å². The minimum atomic E-state index is -0.873. The number of hydrogen-bond acceptors (Lipinski definition) is 5. The molecule has 0 unspecified atom stereocenters. The standard InChI is InChI=1S/C21H33N3O4/c1-13(2)16-10-17(28-23-16)19(26)24-15(12-22-14(3)25)11-20(4)18(24)8-6-7-9-21(20,5)27/h10,13,15,18,27H,6-9,11-12H2,1-5H3,(H,22,25)/t15-,18-,20-,21+/m1/s1. The lowest BCUT2D eigenvalue weighted by atomic mass is 9.67. The van der Waals surface area contributed by atoms with Crippen LogP contribution >= 0.6 is 0 Å². The van der Waals surface area contributed by atoms with Gasteiger partial charge < -0.3 is 19.8 Å². The Kier molecular flexibility index (Phi) is 5.58. The van der Waals surface area contributed by atoms with Gasteiger partial charge in [-0.1, -0.05) is 38.8 Å². The number of aliphatic hydroxyl groups is 1. The van der Waals surface area contributed by atoms with E-state index in [1.54, 1.807) is 6.07 Å². The molecule has 156 valence electrons. The predicted octanol–water partition coefficient (Wildman–Crippen LogP) is 2.85. The van der Waals surface area contributed by atoms with Crippen LogP contribution in [0.5, 0.6) is 0 Å². The Morgan fingerprint density at radius 3 is 2.71 bits per heavy atom. The van der Waals surface area contributed by atoms with E-state index in [0.29, 0.717) is 19.4 Å². The minimum Gasteiger partial charge on any atom is -0.390 e. The van der Waals surface area contributed by atoms with Gasteiger partial charge in [-0.3, -0.25) is 9.59 Å². The van der Waals surface area contributed by atoms with Gasteiger partial charge in [-0.25, -0.2) is 0 Å². The fourth-order valence-electron chi connectivity index (χ4n) is 4.94. The summed E-state index contributed by atoms with van der Waals surface area (Å²) in [5.41, 5.74) is -0.567. The molecule has 0 radical (unpaired) electrons. The van der Waals surface area contributed by atoms with Gasteiger partial charge in [0.05, 0.1) is 17.3 Å². The number of likely N-dealkylation sites (tertiary alicyclic amines) is 1. The maximum absolute atomic E-state index is 13.5. The minimum absolute atomic E-state index is 0.108. The summed E-state index contributed by atoms with van der Waals surface area (Å²) in [6.07, 6.45) is 4.09. The monoisotopic (exact) mass is 391 g/mol. The molecule has 1 aliphatic carbocycles. The highest BCUT2D eigenvalue weighted by molar-refractivity contribution is 5.92. The summed E-state index contributed by atoms with van der Waals surface area (Å²) in [4.78, 5) is 26.8. The molecule has 1 aliphatic heterocycles. The molecule has 2 heterocycles. The van der Waals surface area contributed by atoms with Crippen LogP contribution in [0.2, 0.25) is 0 Å². The second-order valence-electron chi connectivity index (χ2n) is 9.23. The van der Waals surface area contributed by atoms with Crippen molar-refractivity contribution in [3.63, 3.8) is 0 Å². The summed E-state index contributed by atoms with van der Waals surface area (Å²) in [7, 11) is 0. The third kappa shape index (κ3) is 3.56. The quantitative estimate of drug-likeness (QED) is 0.823. The maximum atomic E-state index is 13.5. The largest absolute Gasteiger partial charge is 0.390 e. The SMILES string of the molecule is CC(=O)NC[C@H]1C[C@]2(C)[C@@H](CCCC[C@]2(C)O)N1C(=O)c1cc(C(C)C)no1. The van der Waals surface area contributed by atoms with E-state index in [1.165, 1.54) is 6.92 Å². The summed E-state index contributed by atoms with van der Waals surface area (Å²) < 4.78 is 5.38. The van der Waals surface area contributed by atoms with Crippen molar-refractivity contribution in [3.8, 4) is 0 Å². The zero-order valence-corrected chi connectivity index (χ0v) is 17.6. The molecule has 1 aromatic heterocycles. The van der Waals surface area contributed by atoms with Crippen LogP contribution in [0.15, 0.2) is 10.6 Å². The first-order chi connectivity index (χ1) is 13.1. The first kappa shape index (κ1) is 20.8. The van der Waals surface area contributed by atoms with Gasteiger partial charge >= 0.3 is 0 Å². The summed E-state index contributed by atoms with van der Waals surface area (Å²) in [6, 6.07) is 1.42. The Labute approximate surface area is 166 Å². The van der Waals surface area contributed by atoms with Crippen molar-refractivity contribution >= 4 is 11.8 Å². The first-order valence-electron chi connectivity index (χ1n) is 10.3. The summed E-state index contributed by atoms with van der Waals surface area (Å²) in [6.45, 7) is 9.82. The van der Waals surface area contributed by atoms with Crippen LogP contribution in [-0.2, 0) is 4.79 Å². The number of carbonyl (C=O) groups is 2. The van der Waals surface area contributed by atoms with Crippen LogP contribution < -0.4 is 5.32 Å². The van der Waals surface area contributed by atoms with Gasteiger partial charge in [-0.05, 0) is 32.1 Å². The molecule has 7 heteroatoms. The summed E-state index contributed by atoms with van der Waals surface area (Å²) >= 11 is 0. The van der Waals surface area contributed by atoms with Gasteiger partial charge in [0, 0.05) is 31.0 Å². The van der Waals surface area contributed by atoms with Gasteiger partial charge in [0.25, 0.3) is 5.91 Å². The molecule has 1 saturated carbocycles. The van der Waals surface area contributed by atoms with Gasteiger partial charge in [0.15, 0.2) is 0 Å². The van der Waals surface area contributed by atoms with Gasteiger partial charge in [0.2, 0.25) is 11.7 Å². The molecule has 1 aromatic rings. The third-order valence-electron chi connectivity index (χ3n) is 6.90. The van der Waals surface area contributed by atoms with Crippen LogP contribution in [0, 0.1) is 5.41 Å². The fraction of sp³-hybridized carbons (Fsp3) is 0.762. The van der Waals surface area contributed by atoms with E-state index in [0.717, 1.165) is 25.0 Å². The normalized spacial score (nSPS) is 32.9. The van der Waals surface area contributed by atoms with Crippen LogP contribution in [0.3, 0.4) is 0 Å². The second-order valence-corrected chi connectivity index (χ2v) is 9.23. The van der Waals surface area contributed by atoms with Crippen LogP contribution in [-0.4, -0.2) is 51.2 Å². The lowest BCUT2D eigenvalue weighted by molar-refractivity contribution is -0.119. The van der Waals surface area contributed by atoms with E-state index >= 15 is 0 Å². The average Bonchev–Trinajstić information content (AvgIpc) is 3.18. The summed E-state index contributed by atoms with van der Waals surface area (Å²) in [5, 5.41) is 18.2. The third-order valence-corrected chi connectivity index (χ3v) is 6.90. The smallest absolute Gasteiger partial charge is 0.293 e. The molecule has 0 aromatic carbocycles. The van der Waals surface area contributed by atoms with E-state index in [2.05, 4.69) is 17.4 Å². The average molecular weight is 392 g/mol. The molecule has 2 N–H and O–H groups in total. The number of nitrogens with zero attached hydrogens (tertiary/aromatic N) is 2. The van der Waals surface area contributed by atoms with E-state index < -0.39 is 11.0 Å². The molecule has 0 spiro atoms. The molecule has 3 rings (SSSR count). The number of nitrogens with one attached hydrogen (secondary N) is 1. The Morgan fingerprint density at radius 1 is 1.39 bits per heavy atom. The van der Waals surface area contributed by atoms with Crippen molar-refractivity contribution in [2.45, 2.75) is 90.3 Å². The Bertz CT molecular complexity index is 742. The maximum Gasteiger partial charge on any atom is 0.293 e. The zero-order chi connectivity index (χ0) is 20.7. The van der Waals surface area contributed by atoms with Crippen LogP contribution in [0.25, 0.3) is 0 Å². The lowest BCUT2D eigenvalue weighted by Crippen LogP contribution is -2.52. The Balaban J connectivity index is 1.97. The molecule has 2 amide bonds. The van der Waals surface area contributed by atoms with E-state index in [1.807, 2.05) is 25.7 Å². The van der Waals surface area contributed by atoms with E-state index in [4.69, 9.17) is 4.52 Å². The number of hydrogen-bond donors (Lipinski definition) is 2. The second kappa shape index (κ2) is 7.50. The van der Waals surface area contributed by atoms with Gasteiger partial charge in [0.1, 0.15) is 0 Å². The molecule has 28 heavy (non-hydrogen) atoms. The number of carbonyl (C=O) groups excluding carboxylic acids is 2. The highest BCUT2D eigenvalue weighted by atomic mass is 16.5.